The van der Waals surface area contributed by atoms with E-state index in [1.54, 1.807) is 0 Å². The van der Waals surface area contributed by atoms with Crippen LogP contribution in [0.1, 0.15) is 73.6 Å². The van der Waals surface area contributed by atoms with Crippen molar-refractivity contribution in [1.29, 1.82) is 0 Å². The summed E-state index contributed by atoms with van der Waals surface area (Å²) in [6.45, 7) is 11.8. The highest BCUT2D eigenvalue weighted by Crippen LogP contribution is 2.59. The van der Waals surface area contributed by atoms with Crippen LogP contribution in [-0.2, 0) is 16.2 Å². The Labute approximate surface area is 524 Å². The number of rotatable bonds is 9. The van der Waals surface area contributed by atoms with Crippen LogP contribution in [0, 0.1) is 0 Å². The summed E-state index contributed by atoms with van der Waals surface area (Å²) in [4.78, 5) is 5.29. The molecule has 0 fully saturated rings. The predicted molar refractivity (Wildman–Crippen MR) is 377 cm³/mol. The second-order valence-corrected chi connectivity index (χ2v) is 25.9. The van der Waals surface area contributed by atoms with E-state index in [2.05, 4.69) is 360 Å². The number of para-hydroxylation sites is 2. The maximum absolute atomic E-state index is 2.66. The van der Waals surface area contributed by atoms with E-state index >= 15 is 0 Å². The van der Waals surface area contributed by atoms with Crippen LogP contribution in [0.2, 0.25) is 0 Å². The van der Waals surface area contributed by atoms with Crippen molar-refractivity contribution in [3.05, 3.63) is 354 Å². The van der Waals surface area contributed by atoms with Gasteiger partial charge < -0.3 is 9.80 Å². The third-order valence-electron chi connectivity index (χ3n) is 19.5. The highest BCUT2D eigenvalue weighted by atomic mass is 15.2. The summed E-state index contributed by atoms with van der Waals surface area (Å²) >= 11 is 0. The second-order valence-electron chi connectivity index (χ2n) is 25.9. The van der Waals surface area contributed by atoms with Crippen molar-refractivity contribution >= 4 is 57.2 Å². The van der Waals surface area contributed by atoms with E-state index in [4.69, 9.17) is 0 Å². The number of hydrogen-bond acceptors (Lipinski definition) is 2. The van der Waals surface area contributed by atoms with Gasteiger partial charge in [-0.25, -0.2) is 0 Å². The third kappa shape index (κ3) is 8.54. The molecule has 3 heteroatoms. The minimum absolute atomic E-state index is 0.132. The molecule has 0 bridgehead atoms. The van der Waals surface area contributed by atoms with Crippen LogP contribution in [0.5, 0.6) is 0 Å². The molecule has 13 aromatic rings. The summed E-state index contributed by atoms with van der Waals surface area (Å²) < 4.78 is 0. The highest BCUT2D eigenvalue weighted by Gasteiger charge is 2.51. The molecule has 1 aliphatic carbocycles. The first kappa shape index (κ1) is 54.0. The SMILES string of the molecule is CC(C)(C)c1ccc2c(c1)N(c1ccccc1-c1ccccc1)c1cc(-c3ccccc3)cc3c1B2c1cc(-c2cccc4c2C(C)(C)c2ccccc2C4(c2ccccc2)c2ccccc2)ccc1N3c1c(-c2ccccc2)cccc1-c1ccccc1. The Hall–Kier alpha value is -10.5. The zero-order chi connectivity index (χ0) is 60.0. The summed E-state index contributed by atoms with van der Waals surface area (Å²) in [5.41, 5.74) is 30.5. The quantitative estimate of drug-likeness (QED) is 0.133. The lowest BCUT2D eigenvalue weighted by Crippen LogP contribution is -2.61. The van der Waals surface area contributed by atoms with Gasteiger partial charge in [-0.2, -0.15) is 0 Å². The van der Waals surface area contributed by atoms with Crippen LogP contribution in [0.15, 0.2) is 315 Å². The molecule has 13 aromatic carbocycles. The number of fused-ring (bicyclic) bond motifs is 6. The van der Waals surface area contributed by atoms with Crippen LogP contribution in [0.4, 0.5) is 34.1 Å². The van der Waals surface area contributed by atoms with E-state index in [9.17, 15) is 0 Å². The fraction of sp³-hybridized carbons (Fsp3) is 0.0930. The molecule has 16 rings (SSSR count). The van der Waals surface area contributed by atoms with Crippen LogP contribution in [0.25, 0.3) is 55.6 Å². The average molecular weight is 1140 g/mol. The van der Waals surface area contributed by atoms with Crippen molar-refractivity contribution < 1.29 is 0 Å². The molecule has 0 N–H and O–H groups in total. The molecule has 0 aromatic heterocycles. The number of anilines is 6. The molecular formula is C86H67BN2. The normalized spacial score (nSPS) is 14.0. The van der Waals surface area contributed by atoms with Gasteiger partial charge in [-0.3, -0.25) is 0 Å². The third-order valence-corrected chi connectivity index (χ3v) is 19.5. The van der Waals surface area contributed by atoms with Gasteiger partial charge >= 0.3 is 0 Å². The summed E-state index contributed by atoms with van der Waals surface area (Å²) in [5.74, 6) is 0. The van der Waals surface area contributed by atoms with Crippen molar-refractivity contribution in [2.24, 2.45) is 0 Å². The maximum atomic E-state index is 2.66. The molecule has 0 saturated heterocycles. The molecule has 2 heterocycles. The zero-order valence-corrected chi connectivity index (χ0v) is 51.0. The first-order valence-corrected chi connectivity index (χ1v) is 31.4. The Morgan fingerprint density at radius 2 is 0.775 bits per heavy atom. The summed E-state index contributed by atoms with van der Waals surface area (Å²) in [6.07, 6.45) is 0. The van der Waals surface area contributed by atoms with Crippen molar-refractivity contribution in [1.82, 2.24) is 0 Å². The summed E-state index contributed by atoms with van der Waals surface area (Å²) in [7, 11) is 0. The Morgan fingerprint density at radius 3 is 1.37 bits per heavy atom. The number of hydrogen-bond donors (Lipinski definition) is 0. The molecule has 3 aliphatic rings. The minimum atomic E-state index is -0.600. The fourth-order valence-corrected chi connectivity index (χ4v) is 15.5. The molecule has 89 heavy (non-hydrogen) atoms. The standard InChI is InChI=1S/C86H67BN2/c1-84(2,3)66-51-52-74-78(57-66)88(76-49-27-24-42-67(76)59-32-14-7-15-33-59)79-55-63(58-30-12-6-13-31-58)56-80-82(79)87(74)75-54-62(50-53-77(75)89(80)83-69(60-34-16-8-17-35-60)44-28-45-70(83)61-36-18-9-19-37-61)68-43-29-48-73-81(68)85(4,5)71-46-25-26-47-72(71)86(73,64-38-20-10-21-39-64)65-40-22-11-23-41-65/h6-57H,1-5H3. The zero-order valence-electron chi connectivity index (χ0n) is 51.0. The summed E-state index contributed by atoms with van der Waals surface area (Å²) in [6, 6.07) is 119. The fourth-order valence-electron chi connectivity index (χ4n) is 15.5. The second kappa shape index (κ2) is 21.1. The first-order chi connectivity index (χ1) is 43.6. The first-order valence-electron chi connectivity index (χ1n) is 31.4. The van der Waals surface area contributed by atoms with E-state index in [0.29, 0.717) is 0 Å². The number of benzene rings is 13. The molecule has 424 valence electrons. The highest BCUT2D eigenvalue weighted by molar-refractivity contribution is 7.00. The van der Waals surface area contributed by atoms with Crippen LogP contribution in [0.3, 0.4) is 0 Å². The predicted octanol–water partition coefficient (Wildman–Crippen LogP) is 20.4. The van der Waals surface area contributed by atoms with Gasteiger partial charge in [0.2, 0.25) is 0 Å². The van der Waals surface area contributed by atoms with Crippen molar-refractivity contribution in [2.45, 2.75) is 50.9 Å². The summed E-state index contributed by atoms with van der Waals surface area (Å²) in [5, 5.41) is 0. The van der Waals surface area contributed by atoms with Gasteiger partial charge in [0, 0.05) is 44.9 Å². The maximum Gasteiger partial charge on any atom is 0.252 e. The van der Waals surface area contributed by atoms with E-state index in [1.165, 1.54) is 83.3 Å². The van der Waals surface area contributed by atoms with E-state index in [-0.39, 0.29) is 12.1 Å². The van der Waals surface area contributed by atoms with E-state index in [0.717, 1.165) is 61.8 Å². The van der Waals surface area contributed by atoms with Gasteiger partial charge in [-0.05, 0) is 130 Å². The largest absolute Gasteiger partial charge is 0.311 e. The van der Waals surface area contributed by atoms with Gasteiger partial charge in [0.1, 0.15) is 0 Å². The Morgan fingerprint density at radius 1 is 0.303 bits per heavy atom. The van der Waals surface area contributed by atoms with E-state index in [1.807, 2.05) is 0 Å². The van der Waals surface area contributed by atoms with Crippen molar-refractivity contribution in [3.8, 4) is 55.6 Å². The smallest absolute Gasteiger partial charge is 0.252 e. The molecule has 0 spiro atoms. The molecule has 0 unspecified atom stereocenters. The Bertz CT molecular complexity index is 4740. The lowest BCUT2D eigenvalue weighted by Gasteiger charge is -2.49. The topological polar surface area (TPSA) is 6.48 Å². The van der Waals surface area contributed by atoms with Crippen molar-refractivity contribution in [3.63, 3.8) is 0 Å². The lowest BCUT2D eigenvalue weighted by molar-refractivity contribution is 0.560. The Kier molecular flexibility index (Phi) is 12.8. The van der Waals surface area contributed by atoms with Gasteiger partial charge in [0.25, 0.3) is 6.71 Å². The molecule has 0 atom stereocenters. The minimum Gasteiger partial charge on any atom is -0.311 e. The molecule has 2 aliphatic heterocycles. The molecular weight excluding hydrogens is 1070 g/mol. The lowest BCUT2D eigenvalue weighted by atomic mass is 9.33. The van der Waals surface area contributed by atoms with Crippen LogP contribution < -0.4 is 26.2 Å². The van der Waals surface area contributed by atoms with Crippen molar-refractivity contribution in [2.75, 3.05) is 9.80 Å². The Balaban J connectivity index is 1.05. The van der Waals surface area contributed by atoms with Gasteiger partial charge in [0.05, 0.1) is 16.8 Å². The number of nitrogens with zero attached hydrogens (tertiary/aromatic N) is 2. The van der Waals surface area contributed by atoms with Crippen LogP contribution in [-0.4, -0.2) is 6.71 Å². The molecule has 0 radical (unpaired) electrons. The molecule has 2 nitrogen and oxygen atoms in total. The molecule has 0 saturated carbocycles. The monoisotopic (exact) mass is 1140 g/mol. The average Bonchev–Trinajstić information content (AvgIpc) is 0.729. The van der Waals surface area contributed by atoms with E-state index < -0.39 is 10.8 Å². The van der Waals surface area contributed by atoms with Gasteiger partial charge in [-0.1, -0.05) is 320 Å². The van der Waals surface area contributed by atoms with Gasteiger partial charge in [-0.15, -0.1) is 0 Å². The molecule has 0 amide bonds. The van der Waals surface area contributed by atoms with Crippen LogP contribution >= 0.6 is 0 Å². The van der Waals surface area contributed by atoms with Gasteiger partial charge in [0.15, 0.2) is 0 Å².